The topological polar surface area (TPSA) is 46.5 Å². The molecule has 1 aromatic carbocycles. The van der Waals surface area contributed by atoms with Crippen LogP contribution in [0.25, 0.3) is 0 Å². The Morgan fingerprint density at radius 1 is 1.47 bits per heavy atom. The minimum absolute atomic E-state index is 0.0375. The molecule has 1 N–H and O–H groups in total. The van der Waals surface area contributed by atoms with Gasteiger partial charge in [0.25, 0.3) is 0 Å². The molecule has 0 heterocycles. The van der Waals surface area contributed by atoms with Crippen molar-refractivity contribution in [2.75, 3.05) is 0 Å². The first-order chi connectivity index (χ1) is 7.82. The Hall–Kier alpha value is -1.22. The first-order valence-corrected chi connectivity index (χ1v) is 5.87. The van der Waals surface area contributed by atoms with Gasteiger partial charge in [-0.2, -0.15) is 0 Å². The Labute approximate surface area is 106 Å². The molecule has 1 rings (SSSR count). The van der Waals surface area contributed by atoms with Gasteiger partial charge in [0, 0.05) is 10.6 Å². The van der Waals surface area contributed by atoms with E-state index >= 15 is 0 Å². The summed E-state index contributed by atoms with van der Waals surface area (Å²) < 4.78 is 5.04. The van der Waals surface area contributed by atoms with Gasteiger partial charge in [-0.3, -0.25) is 4.79 Å². The van der Waals surface area contributed by atoms with E-state index in [4.69, 9.17) is 16.3 Å². The predicted molar refractivity (Wildman–Crippen MR) is 67.5 cm³/mol. The lowest BCUT2D eigenvalue weighted by Crippen LogP contribution is -2.14. The Balaban J connectivity index is 2.99. The highest BCUT2D eigenvalue weighted by atomic mass is 35.5. The summed E-state index contributed by atoms with van der Waals surface area (Å²) in [4.78, 5) is 11.5. The molecule has 17 heavy (non-hydrogen) atoms. The molecule has 0 radical (unpaired) electrons. The third-order valence-electron chi connectivity index (χ3n) is 2.48. The molecule has 1 aromatic rings. The number of ether oxygens (including phenoxy) is 1. The first kappa shape index (κ1) is 13.8. The summed E-state index contributed by atoms with van der Waals surface area (Å²) in [7, 11) is 0. The molecule has 0 aliphatic rings. The molecule has 0 fully saturated rings. The number of aryl methyl sites for hydroxylation is 1. The number of rotatable bonds is 3. The molecule has 0 amide bonds. The maximum atomic E-state index is 11.5. The molecule has 0 atom stereocenters. The molecule has 0 unspecified atom stereocenters. The highest BCUT2D eigenvalue weighted by Crippen LogP contribution is 2.31. The van der Waals surface area contributed by atoms with Crippen molar-refractivity contribution in [1.82, 2.24) is 0 Å². The van der Waals surface area contributed by atoms with Crippen LogP contribution in [-0.4, -0.2) is 17.2 Å². The van der Waals surface area contributed by atoms with Gasteiger partial charge in [-0.25, -0.2) is 0 Å². The van der Waals surface area contributed by atoms with Crippen LogP contribution in [0.4, 0.5) is 0 Å². The lowest BCUT2D eigenvalue weighted by atomic mass is 10.0. The third kappa shape index (κ3) is 3.37. The van der Waals surface area contributed by atoms with Crippen molar-refractivity contribution < 1.29 is 14.6 Å². The van der Waals surface area contributed by atoms with Crippen molar-refractivity contribution in [2.45, 2.75) is 40.2 Å². The number of aromatic hydroxyl groups is 1. The number of esters is 1. The fourth-order valence-electron chi connectivity index (χ4n) is 1.65. The van der Waals surface area contributed by atoms with Crippen LogP contribution in [0, 0.1) is 13.8 Å². The Morgan fingerprint density at radius 3 is 2.59 bits per heavy atom. The van der Waals surface area contributed by atoms with Crippen LogP contribution in [0.3, 0.4) is 0 Å². The average molecular weight is 257 g/mol. The van der Waals surface area contributed by atoms with E-state index in [0.717, 1.165) is 11.1 Å². The van der Waals surface area contributed by atoms with Crippen LogP contribution < -0.4 is 0 Å². The van der Waals surface area contributed by atoms with Crippen LogP contribution in [0.5, 0.6) is 5.75 Å². The van der Waals surface area contributed by atoms with Crippen molar-refractivity contribution in [3.05, 3.63) is 27.8 Å². The minimum Gasteiger partial charge on any atom is -0.508 e. The largest absolute Gasteiger partial charge is 0.508 e. The maximum Gasteiger partial charge on any atom is 0.310 e. The Kier molecular flexibility index (Phi) is 4.40. The third-order valence-corrected chi connectivity index (χ3v) is 3.06. The average Bonchev–Trinajstić information content (AvgIpc) is 2.20. The van der Waals surface area contributed by atoms with Crippen LogP contribution in [0.15, 0.2) is 6.07 Å². The molecule has 0 aliphatic carbocycles. The summed E-state index contributed by atoms with van der Waals surface area (Å²) in [5.74, 6) is -0.275. The van der Waals surface area contributed by atoms with Crippen molar-refractivity contribution >= 4 is 17.6 Å². The van der Waals surface area contributed by atoms with Gasteiger partial charge in [-0.15, -0.1) is 0 Å². The van der Waals surface area contributed by atoms with Crippen molar-refractivity contribution in [1.29, 1.82) is 0 Å². The number of phenols is 1. The van der Waals surface area contributed by atoms with Gasteiger partial charge in [-0.05, 0) is 44.9 Å². The number of hydrogen-bond donors (Lipinski definition) is 1. The summed E-state index contributed by atoms with van der Waals surface area (Å²) in [6.45, 7) is 7.16. The summed E-state index contributed by atoms with van der Waals surface area (Å²) in [5.41, 5.74) is 2.05. The van der Waals surface area contributed by atoms with Gasteiger partial charge < -0.3 is 9.84 Å². The number of phenolic OH excluding ortho intramolecular Hbond substituents is 1. The molecule has 0 saturated carbocycles. The summed E-state index contributed by atoms with van der Waals surface area (Å²) in [6, 6.07) is 1.56. The number of halogens is 1. The highest BCUT2D eigenvalue weighted by molar-refractivity contribution is 6.32. The van der Waals surface area contributed by atoms with Gasteiger partial charge in [-0.1, -0.05) is 11.6 Å². The van der Waals surface area contributed by atoms with Gasteiger partial charge in [0.1, 0.15) is 5.75 Å². The minimum atomic E-state index is -0.363. The molecule has 0 saturated heterocycles. The molecule has 0 aromatic heterocycles. The molecular weight excluding hydrogens is 240 g/mol. The second-order valence-corrected chi connectivity index (χ2v) is 4.72. The lowest BCUT2D eigenvalue weighted by Gasteiger charge is -2.13. The van der Waals surface area contributed by atoms with Gasteiger partial charge >= 0.3 is 5.97 Å². The first-order valence-electron chi connectivity index (χ1n) is 5.50. The van der Waals surface area contributed by atoms with E-state index in [1.807, 2.05) is 6.92 Å². The zero-order chi connectivity index (χ0) is 13.2. The highest BCUT2D eigenvalue weighted by Gasteiger charge is 2.16. The zero-order valence-corrected chi connectivity index (χ0v) is 11.3. The van der Waals surface area contributed by atoms with Crippen LogP contribution in [0.1, 0.15) is 30.5 Å². The Morgan fingerprint density at radius 2 is 2.06 bits per heavy atom. The molecule has 0 aliphatic heterocycles. The predicted octanol–water partition coefficient (Wildman–Crippen LogP) is 3.16. The van der Waals surface area contributed by atoms with E-state index in [0.29, 0.717) is 10.6 Å². The lowest BCUT2D eigenvalue weighted by molar-refractivity contribution is -0.146. The summed E-state index contributed by atoms with van der Waals surface area (Å²) in [6.07, 6.45) is -0.124. The molecular formula is C13H17ClO3. The van der Waals surface area contributed by atoms with Gasteiger partial charge in [0.2, 0.25) is 0 Å². The van der Waals surface area contributed by atoms with E-state index in [-0.39, 0.29) is 24.2 Å². The van der Waals surface area contributed by atoms with E-state index < -0.39 is 0 Å². The number of hydrogen-bond acceptors (Lipinski definition) is 3. The monoisotopic (exact) mass is 256 g/mol. The number of carbonyl (C=O) groups excluding carboxylic acids is 1. The summed E-state index contributed by atoms with van der Waals surface area (Å²) in [5, 5.41) is 10.4. The maximum absolute atomic E-state index is 11.5. The van der Waals surface area contributed by atoms with Crippen molar-refractivity contribution in [2.24, 2.45) is 0 Å². The molecule has 3 nitrogen and oxygen atoms in total. The Bertz CT molecular complexity index is 439. The van der Waals surface area contributed by atoms with Crippen molar-refractivity contribution in [3.63, 3.8) is 0 Å². The number of carbonyl (C=O) groups is 1. The van der Waals surface area contributed by atoms with Gasteiger partial charge in [0.05, 0.1) is 12.5 Å². The summed E-state index contributed by atoms with van der Waals surface area (Å²) >= 11 is 6.08. The molecule has 0 bridgehead atoms. The van der Waals surface area contributed by atoms with E-state index in [1.165, 1.54) is 0 Å². The van der Waals surface area contributed by atoms with E-state index in [1.54, 1.807) is 26.8 Å². The fraction of sp³-hybridized carbons (Fsp3) is 0.462. The standard InChI is InChI=1S/C13H17ClO3/c1-7(2)17-12(16)6-10-9(4)13(14)8(3)5-11(10)15/h5,7,15H,6H2,1-4H3. The van der Waals surface area contributed by atoms with Crippen LogP contribution in [0.2, 0.25) is 5.02 Å². The smallest absolute Gasteiger partial charge is 0.310 e. The molecule has 0 spiro atoms. The normalized spacial score (nSPS) is 10.7. The SMILES string of the molecule is Cc1cc(O)c(CC(=O)OC(C)C)c(C)c1Cl. The van der Waals surface area contributed by atoms with E-state index in [9.17, 15) is 9.90 Å². The fourth-order valence-corrected chi connectivity index (χ4v) is 1.82. The second-order valence-electron chi connectivity index (χ2n) is 4.35. The quantitative estimate of drug-likeness (QED) is 0.845. The van der Waals surface area contributed by atoms with Gasteiger partial charge in [0.15, 0.2) is 0 Å². The van der Waals surface area contributed by atoms with Crippen LogP contribution in [-0.2, 0) is 16.0 Å². The molecule has 4 heteroatoms. The van der Waals surface area contributed by atoms with E-state index in [2.05, 4.69) is 0 Å². The molecule has 94 valence electrons. The second kappa shape index (κ2) is 5.41. The van der Waals surface area contributed by atoms with Crippen LogP contribution >= 0.6 is 11.6 Å². The number of benzene rings is 1. The van der Waals surface area contributed by atoms with Crippen molar-refractivity contribution in [3.8, 4) is 5.75 Å². The zero-order valence-electron chi connectivity index (χ0n) is 10.5.